The van der Waals surface area contributed by atoms with Gasteiger partial charge in [0, 0.05) is 0 Å². The molecule has 0 fully saturated rings. The fourth-order valence-corrected chi connectivity index (χ4v) is 4.91. The van der Waals surface area contributed by atoms with Gasteiger partial charge >= 0.3 is 30.2 Å². The monoisotopic (exact) mass is 774 g/mol. The molecule has 2 N–H and O–H groups in total. The van der Waals surface area contributed by atoms with Crippen molar-refractivity contribution in [3.05, 3.63) is 215 Å². The molecule has 0 atom stereocenters. The molecule has 264 valence electrons. The van der Waals surface area contributed by atoms with Gasteiger partial charge < -0.3 is 10.2 Å². The van der Waals surface area contributed by atoms with E-state index in [2.05, 4.69) is 106 Å². The Kier molecular flexibility index (Phi) is 21.1. The molecule has 8 rings (SSSR count). The van der Waals surface area contributed by atoms with Crippen LogP contribution in [0.3, 0.4) is 0 Å². The van der Waals surface area contributed by atoms with Crippen molar-refractivity contribution < 1.29 is 33.5 Å². The number of phenolic OH excluding ortho intramolecular Hbond substituents is 2. The van der Waals surface area contributed by atoms with E-state index in [-0.39, 0.29) is 0 Å². The van der Waals surface area contributed by atoms with Gasteiger partial charge in [-0.1, -0.05) is 62.4 Å². The van der Waals surface area contributed by atoms with Gasteiger partial charge in [-0.15, -0.1) is 81.2 Å². The Hall–Kier alpha value is -4.76. The van der Waals surface area contributed by atoms with Crippen molar-refractivity contribution in [2.75, 3.05) is 0 Å². The average molecular weight is 776 g/mol. The van der Waals surface area contributed by atoms with Crippen LogP contribution in [0.1, 0.15) is 33.4 Å². The summed E-state index contributed by atoms with van der Waals surface area (Å²) < 4.78 is 0. The van der Waals surface area contributed by atoms with E-state index in [0.717, 1.165) is 22.3 Å². The molecule has 0 saturated heterocycles. The van der Waals surface area contributed by atoms with Crippen molar-refractivity contribution >= 4 is 28.4 Å². The largest absolute Gasteiger partial charge is 0.184 e. The smallest absolute Gasteiger partial charge is 0.171 e. The average Bonchev–Trinajstić information content (AvgIpc) is 3.77. The van der Waals surface area contributed by atoms with Crippen LogP contribution in [0.2, 0.25) is 0 Å². The fraction of sp³-hybridized carbons (Fsp3) is 0.125. The van der Waals surface area contributed by atoms with Gasteiger partial charge in [0.15, 0.2) is 0 Å². The number of hydrogen-bond donors (Lipinski definition) is 2. The Labute approximate surface area is 328 Å². The van der Waals surface area contributed by atoms with Crippen molar-refractivity contribution in [3.63, 3.8) is 0 Å². The van der Waals surface area contributed by atoms with E-state index in [1.807, 2.05) is 125 Å². The maximum absolute atomic E-state index is 9.21. The van der Waals surface area contributed by atoms with Crippen molar-refractivity contribution in [3.8, 4) is 11.5 Å². The maximum Gasteiger partial charge on any atom is -0.171 e. The number of benzene rings is 6. The van der Waals surface area contributed by atoms with E-state index in [1.165, 1.54) is 56.0 Å². The summed E-state index contributed by atoms with van der Waals surface area (Å²) in [5, 5.41) is 23.8. The van der Waals surface area contributed by atoms with E-state index in [9.17, 15) is 10.2 Å². The van der Waals surface area contributed by atoms with E-state index in [4.69, 9.17) is 0 Å². The van der Waals surface area contributed by atoms with Crippen LogP contribution in [-0.4, -0.2) is 17.1 Å². The molecule has 52 heavy (non-hydrogen) atoms. The molecule has 0 bridgehead atoms. The summed E-state index contributed by atoms with van der Waals surface area (Å²) in [5.74, 6) is 0.829. The first-order valence-electron chi connectivity index (χ1n) is 17.0. The molecule has 0 spiro atoms. The van der Waals surface area contributed by atoms with Gasteiger partial charge in [0.25, 0.3) is 0 Å². The van der Waals surface area contributed by atoms with Gasteiger partial charge in [-0.3, -0.25) is 0 Å². The zero-order chi connectivity index (χ0) is 38.1. The molecular formula is C48H48O2SiZr-4. The van der Waals surface area contributed by atoms with Crippen LogP contribution in [-0.2, 0) is 23.3 Å². The predicted molar refractivity (Wildman–Crippen MR) is 220 cm³/mol. The summed E-state index contributed by atoms with van der Waals surface area (Å²) in [5.41, 5.74) is 6.46. The molecular weight excluding hydrogens is 728 g/mol. The Bertz CT molecular complexity index is 1800. The molecule has 0 unspecified atom stereocenters. The SMILES string of the molecule is Cc1cc2ccccc2[cH-]1.Cc1cc2ccccc2[cH-]1.Cc1cccc(C)c1O.Cc1cccc(C)c1O.[Si]=[Zr].[c-]1ccccc1.[c-]1ccccc1. The second-order valence-electron chi connectivity index (χ2n) is 12.0. The second-order valence-corrected chi connectivity index (χ2v) is 12.0. The van der Waals surface area contributed by atoms with Crippen molar-refractivity contribution in [1.29, 1.82) is 0 Å². The minimum Gasteiger partial charge on any atom is -0.184 e. The molecule has 0 aromatic heterocycles. The first-order chi connectivity index (χ1) is 25.2. The van der Waals surface area contributed by atoms with Gasteiger partial charge in [-0.2, -0.15) is 84.9 Å². The Balaban J connectivity index is 0.000000216. The summed E-state index contributed by atoms with van der Waals surface area (Å²) >= 11 is 1.36. The fourth-order valence-electron chi connectivity index (χ4n) is 4.91. The van der Waals surface area contributed by atoms with Crippen LogP contribution >= 0.6 is 0 Å². The molecule has 2 radical (unpaired) electrons. The predicted octanol–water partition coefficient (Wildman–Crippen LogP) is 12.3. The zero-order valence-corrected chi connectivity index (χ0v) is 34.5. The van der Waals surface area contributed by atoms with Crippen LogP contribution in [0.5, 0.6) is 11.5 Å². The normalized spacial score (nSPS) is 9.25. The summed E-state index contributed by atoms with van der Waals surface area (Å²) in [6, 6.07) is 62.1. The first-order valence-corrected chi connectivity index (χ1v) is 21.2. The topological polar surface area (TPSA) is 40.5 Å². The number of rotatable bonds is 0. The molecule has 2 nitrogen and oxygen atoms in total. The standard InChI is InChI=1S/2C10H9.2C8H10O.2C6H5.Si.Zr/c2*1-8-6-9-4-2-3-5-10(9)7-8;2*1-6-4-3-5-7(2)8(6)9;2*1-2-4-6-5-3-1;;/h2*2-7H,1H3;2*3-5,9H,1-2H3;2*1-5H;;/q2*-1;;;2*-1;;. The zero-order valence-electron chi connectivity index (χ0n) is 31.1. The minimum atomic E-state index is 0.414. The molecule has 0 amide bonds. The van der Waals surface area contributed by atoms with Gasteiger partial charge in [0.05, 0.1) is 0 Å². The van der Waals surface area contributed by atoms with Crippen LogP contribution in [0.4, 0.5) is 0 Å². The third-order valence-electron chi connectivity index (χ3n) is 7.62. The number of fused-ring (bicyclic) bond motifs is 2. The van der Waals surface area contributed by atoms with E-state index in [1.54, 1.807) is 0 Å². The quantitative estimate of drug-likeness (QED) is 0.119. The van der Waals surface area contributed by atoms with Gasteiger partial charge in [0.1, 0.15) is 11.5 Å². The molecule has 4 heteroatoms. The number of aromatic hydroxyl groups is 2. The second kappa shape index (κ2) is 25.2. The van der Waals surface area contributed by atoms with Crippen LogP contribution in [0, 0.1) is 53.7 Å². The summed E-state index contributed by atoms with van der Waals surface area (Å²) in [6.45, 7) is 14.9. The van der Waals surface area contributed by atoms with Gasteiger partial charge in [-0.05, 0) is 49.9 Å². The minimum absolute atomic E-state index is 0.414. The number of aryl methyl sites for hydroxylation is 6. The number of para-hydroxylation sites is 2. The number of hydrogen-bond acceptors (Lipinski definition) is 2. The van der Waals surface area contributed by atoms with Crippen molar-refractivity contribution in [1.82, 2.24) is 0 Å². The summed E-state index contributed by atoms with van der Waals surface area (Å²) in [7, 11) is 0. The molecule has 8 aromatic carbocycles. The Morgan fingerprint density at radius 2 is 0.731 bits per heavy atom. The van der Waals surface area contributed by atoms with Gasteiger partial charge in [-0.25, -0.2) is 0 Å². The molecule has 0 aliphatic carbocycles. The van der Waals surface area contributed by atoms with Gasteiger partial charge in [0.2, 0.25) is 0 Å². The van der Waals surface area contributed by atoms with Crippen molar-refractivity contribution in [2.45, 2.75) is 41.5 Å². The molecule has 0 saturated carbocycles. The summed E-state index contributed by atoms with van der Waals surface area (Å²) in [6.07, 6.45) is 0. The van der Waals surface area contributed by atoms with Crippen LogP contribution < -0.4 is 0 Å². The third-order valence-corrected chi connectivity index (χ3v) is 7.62. The Morgan fingerprint density at radius 3 is 0.962 bits per heavy atom. The molecule has 0 heterocycles. The first kappa shape index (κ1) is 43.4. The molecule has 0 aliphatic rings. The van der Waals surface area contributed by atoms with Crippen LogP contribution in [0.15, 0.2) is 170 Å². The van der Waals surface area contributed by atoms with E-state index in [0.29, 0.717) is 11.5 Å². The molecule has 0 aliphatic heterocycles. The maximum atomic E-state index is 9.21. The molecule has 8 aromatic rings. The Morgan fingerprint density at radius 1 is 0.423 bits per heavy atom. The van der Waals surface area contributed by atoms with E-state index < -0.39 is 0 Å². The number of phenols is 2. The summed E-state index contributed by atoms with van der Waals surface area (Å²) in [4.78, 5) is 0. The van der Waals surface area contributed by atoms with Crippen LogP contribution in [0.25, 0.3) is 21.5 Å². The van der Waals surface area contributed by atoms with Crippen molar-refractivity contribution in [2.24, 2.45) is 0 Å². The van der Waals surface area contributed by atoms with E-state index >= 15 is 0 Å². The third kappa shape index (κ3) is 16.5.